The van der Waals surface area contributed by atoms with Gasteiger partial charge in [0.2, 0.25) is 5.95 Å². The largest absolute Gasteiger partial charge is 0.497 e. The van der Waals surface area contributed by atoms with Gasteiger partial charge in [0, 0.05) is 12.7 Å². The van der Waals surface area contributed by atoms with Gasteiger partial charge in [0.25, 0.3) is 5.91 Å². The van der Waals surface area contributed by atoms with Crippen LogP contribution in [0, 0.1) is 5.95 Å². The topological polar surface area (TPSA) is 51.2 Å². The molecule has 0 aliphatic rings. The van der Waals surface area contributed by atoms with E-state index in [4.69, 9.17) is 4.74 Å². The second-order valence-electron chi connectivity index (χ2n) is 4.20. The van der Waals surface area contributed by atoms with Crippen LogP contribution in [0.1, 0.15) is 15.9 Å². The van der Waals surface area contributed by atoms with E-state index in [2.05, 4.69) is 10.3 Å². The Labute approximate surface area is 116 Å². The summed E-state index contributed by atoms with van der Waals surface area (Å²) in [6, 6.07) is 10.5. The molecule has 1 heterocycles. The number of hydrogen-bond donors (Lipinski definition) is 1. The van der Waals surface area contributed by atoms with Crippen molar-refractivity contribution in [2.75, 3.05) is 13.7 Å². The summed E-state index contributed by atoms with van der Waals surface area (Å²) in [5.41, 5.74) is 1.03. The van der Waals surface area contributed by atoms with Crippen LogP contribution in [0.5, 0.6) is 5.75 Å². The van der Waals surface area contributed by atoms with E-state index < -0.39 is 11.9 Å². The maximum absolute atomic E-state index is 13.3. The van der Waals surface area contributed by atoms with Crippen LogP contribution in [0.15, 0.2) is 42.6 Å². The number of methoxy groups -OCH3 is 1. The van der Waals surface area contributed by atoms with Crippen LogP contribution < -0.4 is 10.1 Å². The molecule has 0 radical (unpaired) electrons. The zero-order chi connectivity index (χ0) is 14.4. The number of ether oxygens (including phenoxy) is 1. The molecular weight excluding hydrogens is 259 g/mol. The third-order valence-electron chi connectivity index (χ3n) is 2.86. The fraction of sp³-hybridized carbons (Fsp3) is 0.200. The summed E-state index contributed by atoms with van der Waals surface area (Å²) in [6.45, 7) is 0.430. The first-order valence-corrected chi connectivity index (χ1v) is 6.22. The first-order chi connectivity index (χ1) is 9.70. The molecule has 5 heteroatoms. The highest BCUT2D eigenvalue weighted by atomic mass is 19.1. The SMILES string of the molecule is COc1ccc(CCNC(=O)c2cccnc2F)cc1. The molecule has 104 valence electrons. The van der Waals surface area contributed by atoms with E-state index in [1.165, 1.54) is 18.3 Å². The highest BCUT2D eigenvalue weighted by molar-refractivity contribution is 5.94. The maximum atomic E-state index is 13.3. The lowest BCUT2D eigenvalue weighted by Gasteiger charge is -2.06. The highest BCUT2D eigenvalue weighted by Gasteiger charge is 2.10. The smallest absolute Gasteiger partial charge is 0.255 e. The predicted molar refractivity (Wildman–Crippen MR) is 73.2 cm³/mol. The van der Waals surface area contributed by atoms with Crippen molar-refractivity contribution in [2.24, 2.45) is 0 Å². The third-order valence-corrected chi connectivity index (χ3v) is 2.86. The number of benzene rings is 1. The Morgan fingerprint density at radius 1 is 1.30 bits per heavy atom. The zero-order valence-electron chi connectivity index (χ0n) is 11.1. The van der Waals surface area contributed by atoms with E-state index in [1.54, 1.807) is 7.11 Å². The molecule has 0 aliphatic heterocycles. The Morgan fingerprint density at radius 2 is 2.05 bits per heavy atom. The molecule has 0 atom stereocenters. The van der Waals surface area contributed by atoms with Gasteiger partial charge in [-0.25, -0.2) is 4.98 Å². The molecule has 1 aromatic carbocycles. The number of pyridine rings is 1. The fourth-order valence-electron chi connectivity index (χ4n) is 1.76. The number of rotatable bonds is 5. The number of halogens is 1. The monoisotopic (exact) mass is 274 g/mol. The molecule has 2 rings (SSSR count). The summed E-state index contributed by atoms with van der Waals surface area (Å²) in [6.07, 6.45) is 1.97. The van der Waals surface area contributed by atoms with Gasteiger partial charge in [-0.3, -0.25) is 4.79 Å². The van der Waals surface area contributed by atoms with Crippen molar-refractivity contribution < 1.29 is 13.9 Å². The lowest BCUT2D eigenvalue weighted by atomic mass is 10.1. The molecule has 0 fully saturated rings. The normalized spacial score (nSPS) is 10.1. The van der Waals surface area contributed by atoms with Gasteiger partial charge in [-0.1, -0.05) is 12.1 Å². The van der Waals surface area contributed by atoms with E-state index in [0.717, 1.165) is 11.3 Å². The van der Waals surface area contributed by atoms with Crippen LogP contribution in [0.25, 0.3) is 0 Å². The van der Waals surface area contributed by atoms with E-state index in [-0.39, 0.29) is 5.56 Å². The van der Waals surface area contributed by atoms with Crippen LogP contribution in [0.2, 0.25) is 0 Å². The molecule has 2 aromatic rings. The Morgan fingerprint density at radius 3 is 2.70 bits per heavy atom. The summed E-state index contributed by atoms with van der Waals surface area (Å²) in [7, 11) is 1.61. The summed E-state index contributed by atoms with van der Waals surface area (Å²) >= 11 is 0. The highest BCUT2D eigenvalue weighted by Crippen LogP contribution is 2.11. The second kappa shape index (κ2) is 6.65. The van der Waals surface area contributed by atoms with E-state index >= 15 is 0 Å². The van der Waals surface area contributed by atoms with Crippen molar-refractivity contribution in [1.82, 2.24) is 10.3 Å². The van der Waals surface area contributed by atoms with Crippen molar-refractivity contribution in [3.05, 3.63) is 59.7 Å². The van der Waals surface area contributed by atoms with Crippen LogP contribution >= 0.6 is 0 Å². The van der Waals surface area contributed by atoms with Gasteiger partial charge in [0.1, 0.15) is 5.75 Å². The summed E-state index contributed by atoms with van der Waals surface area (Å²) in [5, 5.41) is 2.67. The third kappa shape index (κ3) is 3.54. The van der Waals surface area contributed by atoms with Gasteiger partial charge in [0.15, 0.2) is 0 Å². The number of aromatic nitrogens is 1. The quantitative estimate of drug-likeness (QED) is 0.850. The Hall–Kier alpha value is -2.43. The minimum absolute atomic E-state index is 0.0396. The molecule has 0 bridgehead atoms. The van der Waals surface area contributed by atoms with Gasteiger partial charge in [-0.2, -0.15) is 4.39 Å². The molecular formula is C15H15FN2O2. The number of carbonyl (C=O) groups excluding carboxylic acids is 1. The van der Waals surface area contributed by atoms with Crippen molar-refractivity contribution >= 4 is 5.91 Å². The molecule has 0 saturated carbocycles. The minimum Gasteiger partial charge on any atom is -0.497 e. The van der Waals surface area contributed by atoms with Crippen molar-refractivity contribution in [3.8, 4) is 5.75 Å². The molecule has 0 unspecified atom stereocenters. The van der Waals surface area contributed by atoms with Crippen LogP contribution in [0.4, 0.5) is 4.39 Å². The van der Waals surface area contributed by atoms with Crippen LogP contribution in [-0.4, -0.2) is 24.5 Å². The van der Waals surface area contributed by atoms with Crippen LogP contribution in [0.3, 0.4) is 0 Å². The molecule has 1 aromatic heterocycles. The lowest BCUT2D eigenvalue weighted by molar-refractivity contribution is 0.0949. The molecule has 0 aliphatic carbocycles. The lowest BCUT2D eigenvalue weighted by Crippen LogP contribution is -2.26. The fourth-order valence-corrected chi connectivity index (χ4v) is 1.76. The molecule has 1 amide bonds. The summed E-state index contributed by atoms with van der Waals surface area (Å²) < 4.78 is 18.4. The average molecular weight is 274 g/mol. The maximum Gasteiger partial charge on any atom is 0.255 e. The van der Waals surface area contributed by atoms with Gasteiger partial charge < -0.3 is 10.1 Å². The molecule has 0 spiro atoms. The van der Waals surface area contributed by atoms with Gasteiger partial charge in [-0.05, 0) is 36.2 Å². The molecule has 20 heavy (non-hydrogen) atoms. The first-order valence-electron chi connectivity index (χ1n) is 6.22. The Bertz CT molecular complexity index is 585. The van der Waals surface area contributed by atoms with Gasteiger partial charge in [-0.15, -0.1) is 0 Å². The van der Waals surface area contributed by atoms with Crippen molar-refractivity contribution in [3.63, 3.8) is 0 Å². The molecule has 1 N–H and O–H groups in total. The van der Waals surface area contributed by atoms with Crippen molar-refractivity contribution in [2.45, 2.75) is 6.42 Å². The van der Waals surface area contributed by atoms with Gasteiger partial charge in [0.05, 0.1) is 12.7 Å². The van der Waals surface area contributed by atoms with Crippen LogP contribution in [-0.2, 0) is 6.42 Å². The number of hydrogen-bond acceptors (Lipinski definition) is 3. The average Bonchev–Trinajstić information content (AvgIpc) is 2.48. The second-order valence-corrected chi connectivity index (χ2v) is 4.20. The molecule has 0 saturated heterocycles. The number of nitrogens with one attached hydrogen (secondary N) is 1. The van der Waals surface area contributed by atoms with E-state index in [9.17, 15) is 9.18 Å². The summed E-state index contributed by atoms with van der Waals surface area (Å²) in [4.78, 5) is 15.2. The standard InChI is InChI=1S/C15H15FN2O2/c1-20-12-6-4-11(5-7-12)8-10-18-15(19)13-3-2-9-17-14(13)16/h2-7,9H,8,10H2,1H3,(H,18,19). The molecule has 4 nitrogen and oxygen atoms in total. The van der Waals surface area contributed by atoms with Gasteiger partial charge >= 0.3 is 0 Å². The zero-order valence-corrected chi connectivity index (χ0v) is 11.1. The van der Waals surface area contributed by atoms with Crippen molar-refractivity contribution in [1.29, 1.82) is 0 Å². The number of amides is 1. The summed E-state index contributed by atoms with van der Waals surface area (Å²) in [5.74, 6) is -0.422. The first kappa shape index (κ1) is 14.0. The number of nitrogens with zero attached hydrogens (tertiary/aromatic N) is 1. The Balaban J connectivity index is 1.86. The number of carbonyl (C=O) groups is 1. The van der Waals surface area contributed by atoms with E-state index in [1.807, 2.05) is 24.3 Å². The predicted octanol–water partition coefficient (Wildman–Crippen LogP) is 2.20. The van der Waals surface area contributed by atoms with E-state index in [0.29, 0.717) is 13.0 Å². The minimum atomic E-state index is -0.755. The Kier molecular flexibility index (Phi) is 4.65.